The number of carboxylic acids is 1. The lowest BCUT2D eigenvalue weighted by Gasteiger charge is -2.42. The highest BCUT2D eigenvalue weighted by molar-refractivity contribution is 5.71. The number of amides is 1. The van der Waals surface area contributed by atoms with Crippen molar-refractivity contribution in [3.63, 3.8) is 0 Å². The number of carbonyl (C=O) groups excluding carboxylic acids is 4. The fraction of sp³-hybridized carbons (Fsp3) is 0.566. The first-order valence-corrected chi connectivity index (χ1v) is 23.3. The highest BCUT2D eigenvalue weighted by Crippen LogP contribution is 2.41. The predicted molar refractivity (Wildman–Crippen MR) is 268 cm³/mol. The number of ether oxygens (including phenoxy) is 1. The van der Waals surface area contributed by atoms with Gasteiger partial charge in [0.1, 0.15) is 24.3 Å². The number of nitrogens with one attached hydrogen (secondary N) is 2. The maximum Gasteiger partial charge on any atom is 0.306 e. The van der Waals surface area contributed by atoms with Gasteiger partial charge in [-0.3, -0.25) is 14.4 Å². The largest absolute Gasteiger partial charge is 0.481 e. The fourth-order valence-electron chi connectivity index (χ4n) is 6.04. The summed E-state index contributed by atoms with van der Waals surface area (Å²) in [5.41, 5.74) is 2.27. The molecule has 3 aromatic carbocycles. The molecule has 0 saturated carbocycles. The van der Waals surface area contributed by atoms with E-state index >= 15 is 0 Å². The van der Waals surface area contributed by atoms with Gasteiger partial charge in [-0.25, -0.2) is 0 Å². The van der Waals surface area contributed by atoms with Crippen LogP contribution >= 0.6 is 0 Å². The van der Waals surface area contributed by atoms with Crippen LogP contribution < -0.4 is 10.6 Å². The molecule has 1 aliphatic heterocycles. The molecule has 3 aromatic rings. The van der Waals surface area contributed by atoms with Crippen LogP contribution in [0.25, 0.3) is 0 Å². The van der Waals surface area contributed by atoms with Crippen molar-refractivity contribution in [2.24, 2.45) is 5.92 Å². The number of aliphatic hydroxyl groups excluding tert-OH is 1. The van der Waals surface area contributed by atoms with Gasteiger partial charge in [0.05, 0.1) is 6.04 Å². The van der Waals surface area contributed by atoms with Crippen LogP contribution in [0.5, 0.6) is 0 Å². The fourth-order valence-corrected chi connectivity index (χ4v) is 6.04. The lowest BCUT2D eigenvalue weighted by molar-refractivity contribution is -0.149. The molecule has 0 bridgehead atoms. The highest BCUT2D eigenvalue weighted by atomic mass is 16.5. The van der Waals surface area contributed by atoms with E-state index in [0.29, 0.717) is 18.7 Å². The molecular weight excluding hydrogens is 823 g/mol. The number of aliphatic hydroxyl groups is 2. The monoisotopic (exact) mass is 912 g/mol. The maximum atomic E-state index is 11.8. The van der Waals surface area contributed by atoms with Crippen LogP contribution in [0.1, 0.15) is 157 Å². The molecule has 0 aliphatic carbocycles. The molecule has 1 saturated heterocycles. The zero-order valence-corrected chi connectivity index (χ0v) is 42.7. The van der Waals surface area contributed by atoms with Gasteiger partial charge in [0, 0.05) is 31.9 Å². The van der Waals surface area contributed by atoms with E-state index in [1.165, 1.54) is 19.4 Å². The highest BCUT2D eigenvalue weighted by Gasteiger charge is 2.41. The third-order valence-corrected chi connectivity index (χ3v) is 9.56. The second kappa shape index (κ2) is 41.9. The Bertz CT molecular complexity index is 1540. The molecule has 12 heteroatoms. The number of likely N-dealkylation sites (tertiary alicyclic amines) is 1. The summed E-state index contributed by atoms with van der Waals surface area (Å²) in [6, 6.07) is 27.6. The topological polar surface area (TPSA) is 183 Å². The van der Waals surface area contributed by atoms with Gasteiger partial charge in [0.15, 0.2) is 0 Å². The number of carbonyl (C=O) groups is 5. The Morgan fingerprint density at radius 2 is 1.22 bits per heavy atom. The summed E-state index contributed by atoms with van der Waals surface area (Å²) >= 11 is 0. The Kier molecular flexibility index (Phi) is 43.1. The van der Waals surface area contributed by atoms with Gasteiger partial charge in [-0.1, -0.05) is 154 Å². The number of piperidine rings is 1. The van der Waals surface area contributed by atoms with Gasteiger partial charge in [-0.15, -0.1) is 0 Å². The third kappa shape index (κ3) is 29.4. The summed E-state index contributed by atoms with van der Waals surface area (Å²) in [4.78, 5) is 55.4. The van der Waals surface area contributed by atoms with Crippen LogP contribution in [0.2, 0.25) is 0 Å². The minimum Gasteiger partial charge on any atom is -0.481 e. The first kappa shape index (κ1) is 66.8. The van der Waals surface area contributed by atoms with Gasteiger partial charge >= 0.3 is 5.97 Å². The van der Waals surface area contributed by atoms with Gasteiger partial charge in [-0.2, -0.15) is 0 Å². The number of nitrogens with zero attached hydrogens (tertiary/aromatic N) is 1. The molecular formula is C53H89N3O9. The molecule has 12 nitrogen and oxygen atoms in total. The molecule has 65 heavy (non-hydrogen) atoms. The van der Waals surface area contributed by atoms with Crippen LogP contribution in [0.4, 0.5) is 0 Å². The van der Waals surface area contributed by atoms with Crippen molar-refractivity contribution in [3.8, 4) is 0 Å². The third-order valence-electron chi connectivity index (χ3n) is 9.56. The van der Waals surface area contributed by atoms with Crippen LogP contribution in [0, 0.1) is 5.92 Å². The zero-order valence-electron chi connectivity index (χ0n) is 42.7. The average Bonchev–Trinajstić information content (AvgIpc) is 3.33. The number of hydrogen-bond donors (Lipinski definition) is 5. The van der Waals surface area contributed by atoms with Gasteiger partial charge in [0.2, 0.25) is 6.41 Å². The molecule has 1 amide bonds. The van der Waals surface area contributed by atoms with Gasteiger partial charge in [0.25, 0.3) is 5.97 Å². The van der Waals surface area contributed by atoms with E-state index in [4.69, 9.17) is 19.7 Å². The van der Waals surface area contributed by atoms with Crippen molar-refractivity contribution in [3.05, 3.63) is 107 Å². The van der Waals surface area contributed by atoms with E-state index < -0.39 is 35.1 Å². The SMILES string of the molecule is CC.CC.CC(=O)O.CC(OC(=O)CCC(C=O)NC=O)c1ccc(C(C)(C)C=O)cc1.CCC.CCCN1CCC(C(O)(c2ccccc2)c2ccccc2)CC1.CNC(C)C.CO. The summed E-state index contributed by atoms with van der Waals surface area (Å²) < 4.78 is 5.32. The molecule has 0 aromatic heterocycles. The van der Waals surface area contributed by atoms with E-state index in [9.17, 15) is 24.3 Å². The smallest absolute Gasteiger partial charge is 0.306 e. The molecule has 4 rings (SSSR count). The Morgan fingerprint density at radius 1 is 0.800 bits per heavy atom. The van der Waals surface area contributed by atoms with E-state index in [-0.39, 0.29) is 18.8 Å². The van der Waals surface area contributed by atoms with Crippen molar-refractivity contribution in [1.29, 1.82) is 0 Å². The summed E-state index contributed by atoms with van der Waals surface area (Å²) in [5.74, 6) is -1.01. The standard InChI is InChI=1S/C21H27NO.C18H23NO5.C4H11N.C3H8.C2H4O2.2C2H6.CH4O/c1-2-15-22-16-13-20(14-17-22)21(23,18-9-5-3-6-10-18)19-11-7-4-8-12-19;1-13(24-17(23)9-8-16(10-20)19-12-22)14-4-6-15(7-5-14)18(2,3)11-21;1-4(2)5-3;1-3-2;1-2(3)4;3*1-2/h3-12,20,23H,2,13-17H2,1H3;4-7,10-13,16H,8-9H2,1-3H3,(H,19,22);4-5H,1-3H3;3H2,1-2H3;1H3,(H,3,4);2*1-2H3;2H,1H3. The van der Waals surface area contributed by atoms with Gasteiger partial charge in [-0.05, 0) is 101 Å². The van der Waals surface area contributed by atoms with Crippen molar-refractivity contribution in [1.82, 2.24) is 15.5 Å². The molecule has 370 valence electrons. The lowest BCUT2D eigenvalue weighted by Crippen LogP contribution is -2.44. The summed E-state index contributed by atoms with van der Waals surface area (Å²) in [6.45, 7) is 28.5. The van der Waals surface area contributed by atoms with Crippen LogP contribution in [-0.4, -0.2) is 97.0 Å². The number of esters is 1. The minimum atomic E-state index is -0.888. The molecule has 2 atom stereocenters. The van der Waals surface area contributed by atoms with Crippen LogP contribution in [-0.2, 0) is 39.7 Å². The van der Waals surface area contributed by atoms with Crippen LogP contribution in [0.15, 0.2) is 84.9 Å². The van der Waals surface area contributed by atoms with Crippen molar-refractivity contribution in [2.75, 3.05) is 33.8 Å². The molecule has 5 N–H and O–H groups in total. The lowest BCUT2D eigenvalue weighted by atomic mass is 9.72. The molecule has 1 aliphatic rings. The number of aldehydes is 2. The Morgan fingerprint density at radius 3 is 1.55 bits per heavy atom. The second-order valence-corrected chi connectivity index (χ2v) is 15.4. The number of carboxylic acid groups (broad SMARTS) is 1. The van der Waals surface area contributed by atoms with E-state index in [2.05, 4.69) is 74.4 Å². The van der Waals surface area contributed by atoms with Crippen LogP contribution in [0.3, 0.4) is 0 Å². The second-order valence-electron chi connectivity index (χ2n) is 15.4. The van der Waals surface area contributed by atoms with Gasteiger partial charge < -0.3 is 45.2 Å². The maximum absolute atomic E-state index is 11.8. The first-order valence-electron chi connectivity index (χ1n) is 23.3. The molecule has 1 fully saturated rings. The van der Waals surface area contributed by atoms with E-state index in [1.54, 1.807) is 6.92 Å². The number of hydrogen-bond acceptors (Lipinski definition) is 10. The zero-order chi connectivity index (χ0) is 50.9. The van der Waals surface area contributed by atoms with Crippen molar-refractivity contribution in [2.45, 2.75) is 158 Å². The number of aliphatic carboxylic acids is 1. The Hall–Kier alpha value is -4.75. The quantitative estimate of drug-likeness (QED) is 0.0682. The minimum absolute atomic E-state index is 0.0326. The number of benzene rings is 3. The summed E-state index contributed by atoms with van der Waals surface area (Å²) in [6.07, 6.45) is 6.22. The van der Waals surface area contributed by atoms with Crippen molar-refractivity contribution >= 4 is 30.9 Å². The normalized spacial score (nSPS) is 12.8. The molecule has 1 heterocycles. The molecule has 0 radical (unpaired) electrons. The molecule has 0 spiro atoms. The Balaban J connectivity index is -0.000000420. The Labute approximate surface area is 394 Å². The predicted octanol–water partition coefficient (Wildman–Crippen LogP) is 9.69. The van der Waals surface area contributed by atoms with E-state index in [1.807, 2.05) is 109 Å². The average molecular weight is 912 g/mol. The van der Waals surface area contributed by atoms with Crippen molar-refractivity contribution < 1.29 is 44.0 Å². The number of rotatable bonds is 16. The summed E-state index contributed by atoms with van der Waals surface area (Å²) in [7, 11) is 2.95. The molecule has 2 unspecified atom stereocenters. The first-order chi connectivity index (χ1) is 31.0. The van der Waals surface area contributed by atoms with E-state index in [0.717, 1.165) is 68.5 Å². The summed E-state index contributed by atoms with van der Waals surface area (Å²) in [5, 5.41) is 31.5.